The van der Waals surface area contributed by atoms with E-state index in [0.717, 1.165) is 24.1 Å². The molecule has 0 bridgehead atoms. The fourth-order valence-corrected chi connectivity index (χ4v) is 2.64. The molecular formula is C19H18N6O2. The van der Waals surface area contributed by atoms with Gasteiger partial charge in [-0.15, -0.1) is 5.10 Å². The zero-order chi connectivity index (χ0) is 18.6. The molecule has 0 unspecified atom stereocenters. The lowest BCUT2D eigenvalue weighted by atomic mass is 10.1. The number of hydrogen-bond donors (Lipinski definition) is 2. The number of aromatic nitrogens is 4. The first-order valence-electron chi connectivity index (χ1n) is 8.70. The molecule has 0 radical (unpaired) electrons. The quantitative estimate of drug-likeness (QED) is 0.695. The van der Waals surface area contributed by atoms with Crippen LogP contribution in [0.1, 0.15) is 28.8 Å². The second-order valence-electron chi connectivity index (χ2n) is 6.47. The Morgan fingerprint density at radius 3 is 2.41 bits per heavy atom. The second kappa shape index (κ2) is 7.36. The van der Waals surface area contributed by atoms with Crippen molar-refractivity contribution in [2.45, 2.75) is 25.3 Å². The van der Waals surface area contributed by atoms with E-state index >= 15 is 0 Å². The summed E-state index contributed by atoms with van der Waals surface area (Å²) in [6, 6.07) is 14.7. The van der Waals surface area contributed by atoms with Gasteiger partial charge in [0.15, 0.2) is 0 Å². The lowest BCUT2D eigenvalue weighted by Crippen LogP contribution is -2.25. The molecule has 1 saturated carbocycles. The van der Waals surface area contributed by atoms with E-state index in [-0.39, 0.29) is 18.2 Å². The Kier molecular flexibility index (Phi) is 4.61. The average Bonchev–Trinajstić information content (AvgIpc) is 3.31. The van der Waals surface area contributed by atoms with Crippen LogP contribution in [0.4, 0.5) is 5.69 Å². The van der Waals surface area contributed by atoms with Gasteiger partial charge in [-0.1, -0.05) is 12.1 Å². The first-order valence-corrected chi connectivity index (χ1v) is 8.70. The summed E-state index contributed by atoms with van der Waals surface area (Å²) >= 11 is 0. The van der Waals surface area contributed by atoms with Crippen LogP contribution in [0.25, 0.3) is 5.69 Å². The largest absolute Gasteiger partial charge is 0.349 e. The van der Waals surface area contributed by atoms with E-state index in [2.05, 4.69) is 26.2 Å². The van der Waals surface area contributed by atoms with Crippen LogP contribution >= 0.6 is 0 Å². The lowest BCUT2D eigenvalue weighted by molar-refractivity contribution is -0.115. The van der Waals surface area contributed by atoms with Gasteiger partial charge in [-0.3, -0.25) is 9.59 Å². The summed E-state index contributed by atoms with van der Waals surface area (Å²) < 4.78 is 1.55. The highest BCUT2D eigenvalue weighted by Gasteiger charge is 2.23. The first kappa shape index (κ1) is 16.9. The van der Waals surface area contributed by atoms with E-state index in [1.54, 1.807) is 28.9 Å². The van der Waals surface area contributed by atoms with E-state index in [4.69, 9.17) is 0 Å². The minimum atomic E-state index is -0.125. The summed E-state index contributed by atoms with van der Waals surface area (Å²) in [6.07, 6.45) is 3.86. The number of benzene rings is 2. The molecule has 2 aromatic carbocycles. The van der Waals surface area contributed by atoms with Gasteiger partial charge in [0.25, 0.3) is 5.91 Å². The molecule has 8 heteroatoms. The summed E-state index contributed by atoms with van der Waals surface area (Å²) in [5.74, 6) is -0.196. The van der Waals surface area contributed by atoms with Crippen LogP contribution < -0.4 is 10.6 Å². The van der Waals surface area contributed by atoms with E-state index in [9.17, 15) is 9.59 Å². The highest BCUT2D eigenvalue weighted by Crippen LogP contribution is 2.19. The topological polar surface area (TPSA) is 102 Å². The van der Waals surface area contributed by atoms with Gasteiger partial charge in [0.1, 0.15) is 6.33 Å². The maximum absolute atomic E-state index is 12.2. The van der Waals surface area contributed by atoms with Crippen LogP contribution in [-0.2, 0) is 11.2 Å². The van der Waals surface area contributed by atoms with Gasteiger partial charge in [-0.2, -0.15) is 0 Å². The highest BCUT2D eigenvalue weighted by molar-refractivity contribution is 5.96. The third kappa shape index (κ3) is 4.35. The predicted molar refractivity (Wildman–Crippen MR) is 98.4 cm³/mol. The maximum atomic E-state index is 12.2. The minimum Gasteiger partial charge on any atom is -0.349 e. The van der Waals surface area contributed by atoms with Gasteiger partial charge in [-0.25, -0.2) is 4.68 Å². The number of nitrogens with one attached hydrogen (secondary N) is 2. The predicted octanol–water partition coefficient (Wildman–Crippen LogP) is 1.74. The fourth-order valence-electron chi connectivity index (χ4n) is 2.64. The molecule has 2 N–H and O–H groups in total. The second-order valence-corrected chi connectivity index (χ2v) is 6.47. The SMILES string of the molecule is O=C(Cc1ccc(-n2cnnn2)cc1)Nc1ccc(C(=O)NC2CC2)cc1. The Hall–Kier alpha value is -3.55. The van der Waals surface area contributed by atoms with Crippen molar-refractivity contribution in [2.75, 3.05) is 5.32 Å². The molecule has 3 aromatic rings. The zero-order valence-corrected chi connectivity index (χ0v) is 14.5. The zero-order valence-electron chi connectivity index (χ0n) is 14.5. The molecule has 1 aliphatic carbocycles. The molecule has 1 aromatic heterocycles. The number of amides is 2. The van der Waals surface area contributed by atoms with Crippen LogP contribution in [0.15, 0.2) is 54.9 Å². The minimum absolute atomic E-state index is 0.0713. The first-order chi connectivity index (χ1) is 13.2. The normalized spacial score (nSPS) is 13.2. The monoisotopic (exact) mass is 362 g/mol. The van der Waals surface area contributed by atoms with Crippen LogP contribution in [0, 0.1) is 0 Å². The summed E-state index contributed by atoms with van der Waals surface area (Å²) in [5.41, 5.74) is 2.96. The van der Waals surface area contributed by atoms with Crippen LogP contribution in [-0.4, -0.2) is 38.1 Å². The molecule has 8 nitrogen and oxygen atoms in total. The maximum Gasteiger partial charge on any atom is 0.251 e. The average molecular weight is 362 g/mol. The van der Waals surface area contributed by atoms with Crippen LogP contribution in [0.3, 0.4) is 0 Å². The molecule has 0 spiro atoms. The van der Waals surface area contributed by atoms with Crippen LogP contribution in [0.5, 0.6) is 0 Å². The molecule has 1 aliphatic rings. The Balaban J connectivity index is 1.32. The number of anilines is 1. The molecule has 1 fully saturated rings. The van der Waals surface area contributed by atoms with Gasteiger partial charge in [0.05, 0.1) is 12.1 Å². The standard InChI is InChI=1S/C19H18N6O2/c26-18(11-13-1-9-17(10-2-13)25-12-20-23-24-25)21-15-5-3-14(4-6-15)19(27)22-16-7-8-16/h1-6,9-10,12,16H,7-8,11H2,(H,21,26)(H,22,27). The molecule has 0 saturated heterocycles. The Bertz CT molecular complexity index is 931. The number of carbonyl (C=O) groups excluding carboxylic acids is 2. The van der Waals surface area contributed by atoms with Crippen molar-refractivity contribution in [3.05, 3.63) is 66.0 Å². The lowest BCUT2D eigenvalue weighted by Gasteiger charge is -2.08. The van der Waals surface area contributed by atoms with Gasteiger partial charge in [-0.05, 0) is 65.2 Å². The summed E-state index contributed by atoms with van der Waals surface area (Å²) in [7, 11) is 0. The Labute approximate surface area is 155 Å². The molecule has 0 aliphatic heterocycles. The van der Waals surface area contributed by atoms with Gasteiger partial charge < -0.3 is 10.6 Å². The summed E-state index contributed by atoms with van der Waals surface area (Å²) in [5, 5.41) is 16.8. The van der Waals surface area contributed by atoms with E-state index in [1.807, 2.05) is 24.3 Å². The molecule has 136 valence electrons. The number of carbonyl (C=O) groups is 2. The van der Waals surface area contributed by atoms with Gasteiger partial charge in [0, 0.05) is 17.3 Å². The Morgan fingerprint density at radius 1 is 1.04 bits per heavy atom. The van der Waals surface area contributed by atoms with Crippen molar-refractivity contribution in [1.29, 1.82) is 0 Å². The summed E-state index contributed by atoms with van der Waals surface area (Å²) in [6.45, 7) is 0. The third-order valence-corrected chi connectivity index (χ3v) is 4.26. The molecular weight excluding hydrogens is 344 g/mol. The van der Waals surface area contributed by atoms with Crippen molar-refractivity contribution in [1.82, 2.24) is 25.5 Å². The Morgan fingerprint density at radius 2 is 1.78 bits per heavy atom. The molecule has 4 rings (SSSR count). The molecule has 1 heterocycles. The number of rotatable bonds is 6. The van der Waals surface area contributed by atoms with Gasteiger partial charge >= 0.3 is 0 Å². The van der Waals surface area contributed by atoms with Crippen molar-refractivity contribution in [3.8, 4) is 5.69 Å². The summed E-state index contributed by atoms with van der Waals surface area (Å²) in [4.78, 5) is 24.2. The highest BCUT2D eigenvalue weighted by atomic mass is 16.2. The van der Waals surface area contributed by atoms with E-state index in [0.29, 0.717) is 17.3 Å². The van der Waals surface area contributed by atoms with E-state index in [1.165, 1.54) is 6.33 Å². The van der Waals surface area contributed by atoms with Gasteiger partial charge in [0.2, 0.25) is 5.91 Å². The molecule has 0 atom stereocenters. The fraction of sp³-hybridized carbons (Fsp3) is 0.211. The van der Waals surface area contributed by atoms with E-state index < -0.39 is 0 Å². The number of tetrazole rings is 1. The molecule has 2 amide bonds. The van der Waals surface area contributed by atoms with Crippen molar-refractivity contribution >= 4 is 17.5 Å². The van der Waals surface area contributed by atoms with Crippen molar-refractivity contribution < 1.29 is 9.59 Å². The van der Waals surface area contributed by atoms with Crippen molar-refractivity contribution in [3.63, 3.8) is 0 Å². The molecule has 27 heavy (non-hydrogen) atoms. The number of nitrogens with zero attached hydrogens (tertiary/aromatic N) is 4. The smallest absolute Gasteiger partial charge is 0.251 e. The van der Waals surface area contributed by atoms with Crippen LogP contribution in [0.2, 0.25) is 0 Å². The third-order valence-electron chi connectivity index (χ3n) is 4.26. The van der Waals surface area contributed by atoms with Crippen molar-refractivity contribution in [2.24, 2.45) is 0 Å². The number of hydrogen-bond acceptors (Lipinski definition) is 5.